The minimum atomic E-state index is -1.41. The van der Waals surface area contributed by atoms with Gasteiger partial charge in [0.1, 0.15) is 0 Å². The van der Waals surface area contributed by atoms with E-state index < -0.39 is 33.2 Å². The van der Waals surface area contributed by atoms with Crippen molar-refractivity contribution in [3.8, 4) is 0 Å². The number of carboxylic acid groups (broad SMARTS) is 2. The highest BCUT2D eigenvalue weighted by Gasteiger charge is 2.20. The van der Waals surface area contributed by atoms with Gasteiger partial charge in [0, 0.05) is 42.7 Å². The van der Waals surface area contributed by atoms with Crippen molar-refractivity contribution in [2.45, 2.75) is 31.7 Å². The number of non-ortho nitro benzene ring substituents is 2. The van der Waals surface area contributed by atoms with Gasteiger partial charge < -0.3 is 15.5 Å². The minimum absolute atomic E-state index is 0.148. The van der Waals surface area contributed by atoms with Crippen molar-refractivity contribution in [3.63, 3.8) is 0 Å². The highest BCUT2D eigenvalue weighted by Crippen LogP contribution is 2.25. The Bertz CT molecular complexity index is 1230. The van der Waals surface area contributed by atoms with Gasteiger partial charge in [0.2, 0.25) is 0 Å². The molecule has 2 aromatic carbocycles. The van der Waals surface area contributed by atoms with Gasteiger partial charge in [0.25, 0.3) is 11.4 Å². The van der Waals surface area contributed by atoms with E-state index in [0.29, 0.717) is 6.04 Å². The maximum atomic E-state index is 11.3. The molecule has 3 N–H and O–H groups in total. The molecule has 1 atom stereocenters. The van der Waals surface area contributed by atoms with Gasteiger partial charge in [-0.3, -0.25) is 25.2 Å². The van der Waals surface area contributed by atoms with E-state index in [-0.39, 0.29) is 28.7 Å². The average molecular weight is 508 g/mol. The van der Waals surface area contributed by atoms with Gasteiger partial charge in [0.05, 0.1) is 21.0 Å². The minimum Gasteiger partial charge on any atom is -0.478 e. The molecule has 1 saturated heterocycles. The van der Waals surface area contributed by atoms with Gasteiger partial charge >= 0.3 is 11.9 Å². The predicted octanol–water partition coefficient (Wildman–Crippen LogP) is 4.39. The summed E-state index contributed by atoms with van der Waals surface area (Å²) in [6, 6.07) is 11.1. The van der Waals surface area contributed by atoms with Crippen LogP contribution in [0.2, 0.25) is 0 Å². The number of nitro groups is 2. The maximum absolute atomic E-state index is 11.3. The van der Waals surface area contributed by atoms with Gasteiger partial charge in [-0.15, -0.1) is 0 Å². The molecule has 1 aliphatic heterocycles. The molecule has 0 unspecified atom stereocenters. The number of piperidine rings is 1. The fourth-order valence-electron chi connectivity index (χ4n) is 3.99. The number of nitrogens with zero attached hydrogens (tertiary/aromatic N) is 3. The Labute approximate surface area is 210 Å². The molecule has 1 aliphatic rings. The molecule has 37 heavy (non-hydrogen) atoms. The van der Waals surface area contributed by atoms with Gasteiger partial charge in [-0.05, 0) is 48.6 Å². The summed E-state index contributed by atoms with van der Waals surface area (Å²) in [5.74, 6) is -2.81. The molecule has 12 heteroatoms. The van der Waals surface area contributed by atoms with Gasteiger partial charge in [-0.25, -0.2) is 9.59 Å². The van der Waals surface area contributed by atoms with Crippen molar-refractivity contribution in [3.05, 3.63) is 109 Å². The molecule has 0 radical (unpaired) electrons. The van der Waals surface area contributed by atoms with Crippen molar-refractivity contribution in [2.75, 3.05) is 6.54 Å². The lowest BCUT2D eigenvalue weighted by Gasteiger charge is -2.23. The molecule has 0 saturated carbocycles. The summed E-state index contributed by atoms with van der Waals surface area (Å²) in [6.07, 6.45) is 7.53. The van der Waals surface area contributed by atoms with Gasteiger partial charge in [0.15, 0.2) is 0 Å². The summed E-state index contributed by atoms with van der Waals surface area (Å²) in [5, 5.41) is 43.5. The lowest BCUT2D eigenvalue weighted by molar-refractivity contribution is -0.385. The first-order valence-corrected chi connectivity index (χ1v) is 11.3. The zero-order valence-electron chi connectivity index (χ0n) is 19.6. The number of carboxylic acids is 2. The molecule has 0 bridgehead atoms. The first-order chi connectivity index (χ1) is 17.7. The quantitative estimate of drug-likeness (QED) is 0.305. The number of hydrogen-bond donors (Lipinski definition) is 3. The van der Waals surface area contributed by atoms with Crippen molar-refractivity contribution in [1.29, 1.82) is 0 Å². The smallest absolute Gasteiger partial charge is 0.336 e. The van der Waals surface area contributed by atoms with Crippen LogP contribution in [-0.4, -0.2) is 43.5 Å². The Balaban J connectivity index is 0.000000262. The number of rotatable bonds is 7. The van der Waals surface area contributed by atoms with Crippen LogP contribution in [0.4, 0.5) is 11.4 Å². The molecule has 2 heterocycles. The number of aromatic nitrogens is 1. The van der Waals surface area contributed by atoms with E-state index in [1.807, 2.05) is 18.5 Å². The first kappa shape index (κ1) is 26.9. The Kier molecular flexibility index (Phi) is 8.95. The number of aromatic carboxylic acids is 2. The Morgan fingerprint density at radius 2 is 1.49 bits per heavy atom. The van der Waals surface area contributed by atoms with E-state index >= 15 is 0 Å². The summed E-state index contributed by atoms with van der Waals surface area (Å²) >= 11 is 0. The SMILES string of the molecule is O=C(O)c1cc([N+](=O)[O-])ccc1Cc1ccc([N+](=O)[O-])cc1C(=O)O.c1cncc([C@@H]2CCCCN2)c1. The Hall–Kier alpha value is -4.71. The monoisotopic (exact) mass is 508 g/mol. The van der Waals surface area contributed by atoms with E-state index in [4.69, 9.17) is 0 Å². The lowest BCUT2D eigenvalue weighted by atomic mass is 9.95. The Morgan fingerprint density at radius 3 is 1.89 bits per heavy atom. The van der Waals surface area contributed by atoms with E-state index in [0.717, 1.165) is 30.8 Å². The van der Waals surface area contributed by atoms with Crippen LogP contribution in [0.1, 0.15) is 62.7 Å². The second kappa shape index (κ2) is 12.3. The molecular formula is C25H24N4O8. The second-order valence-electron chi connectivity index (χ2n) is 8.27. The van der Waals surface area contributed by atoms with Crippen LogP contribution in [0.3, 0.4) is 0 Å². The third-order valence-corrected chi connectivity index (χ3v) is 5.85. The first-order valence-electron chi connectivity index (χ1n) is 11.3. The zero-order valence-corrected chi connectivity index (χ0v) is 19.6. The fraction of sp³-hybridized carbons (Fsp3) is 0.240. The summed E-state index contributed by atoms with van der Waals surface area (Å²) in [4.78, 5) is 46.8. The van der Waals surface area contributed by atoms with Crippen molar-refractivity contribution >= 4 is 23.3 Å². The number of nitrogens with one attached hydrogen (secondary N) is 1. The third kappa shape index (κ3) is 7.15. The van der Waals surface area contributed by atoms with Crippen LogP contribution in [0.25, 0.3) is 0 Å². The normalized spacial score (nSPS) is 14.6. The van der Waals surface area contributed by atoms with Gasteiger partial charge in [-0.2, -0.15) is 0 Å². The molecule has 4 rings (SSSR count). The molecule has 1 fully saturated rings. The third-order valence-electron chi connectivity index (χ3n) is 5.85. The predicted molar refractivity (Wildman–Crippen MR) is 132 cm³/mol. The van der Waals surface area contributed by atoms with Crippen molar-refractivity contribution in [1.82, 2.24) is 10.3 Å². The van der Waals surface area contributed by atoms with Crippen molar-refractivity contribution in [2.24, 2.45) is 0 Å². The van der Waals surface area contributed by atoms with Crippen LogP contribution in [0.15, 0.2) is 60.9 Å². The highest BCUT2D eigenvalue weighted by atomic mass is 16.6. The summed E-state index contributed by atoms with van der Waals surface area (Å²) in [7, 11) is 0. The molecule has 12 nitrogen and oxygen atoms in total. The number of nitro benzene ring substituents is 2. The van der Waals surface area contributed by atoms with Crippen LogP contribution in [-0.2, 0) is 6.42 Å². The topological polar surface area (TPSA) is 186 Å². The van der Waals surface area contributed by atoms with Crippen LogP contribution in [0.5, 0.6) is 0 Å². The van der Waals surface area contributed by atoms with E-state index in [1.54, 1.807) is 0 Å². The largest absolute Gasteiger partial charge is 0.478 e. The Morgan fingerprint density at radius 1 is 0.919 bits per heavy atom. The molecule has 1 aromatic heterocycles. The van der Waals surface area contributed by atoms with Crippen LogP contribution < -0.4 is 5.32 Å². The highest BCUT2D eigenvalue weighted by molar-refractivity contribution is 5.92. The number of pyridine rings is 1. The zero-order chi connectivity index (χ0) is 26.9. The second-order valence-corrected chi connectivity index (χ2v) is 8.27. The summed E-state index contributed by atoms with van der Waals surface area (Å²) in [5.41, 5.74) is 0.112. The van der Waals surface area contributed by atoms with E-state index in [9.17, 15) is 40.0 Å². The van der Waals surface area contributed by atoms with Crippen molar-refractivity contribution < 1.29 is 29.6 Å². The number of benzene rings is 2. The van der Waals surface area contributed by atoms with Gasteiger partial charge in [-0.1, -0.05) is 24.6 Å². The standard InChI is InChI=1S/C15H10N2O8.C10H14N2/c18-14(19)12-6-10(16(22)23)3-1-8(12)5-9-2-4-11(17(24)25)7-13(9)15(20)21;1-2-7-12-10(5-1)9-4-3-6-11-8-9/h1-4,6-7H,5H2,(H,18,19)(H,20,21);3-4,6,8,10,12H,1-2,5,7H2/t;10-/m.0/s1. The molecule has 0 amide bonds. The molecule has 3 aromatic rings. The molecule has 192 valence electrons. The summed E-state index contributed by atoms with van der Waals surface area (Å²) in [6.45, 7) is 1.15. The number of hydrogen-bond acceptors (Lipinski definition) is 8. The molecular weight excluding hydrogens is 484 g/mol. The van der Waals surface area contributed by atoms with Crippen LogP contribution in [0, 0.1) is 20.2 Å². The number of carbonyl (C=O) groups is 2. The fourth-order valence-corrected chi connectivity index (χ4v) is 3.99. The average Bonchev–Trinajstić information content (AvgIpc) is 2.90. The lowest BCUT2D eigenvalue weighted by Crippen LogP contribution is -2.26. The van der Waals surface area contributed by atoms with E-state index in [1.165, 1.54) is 37.0 Å². The molecule has 0 aliphatic carbocycles. The molecule has 0 spiro atoms. The summed E-state index contributed by atoms with van der Waals surface area (Å²) < 4.78 is 0. The van der Waals surface area contributed by atoms with Crippen LogP contribution >= 0.6 is 0 Å². The van der Waals surface area contributed by atoms with E-state index in [2.05, 4.69) is 16.4 Å². The maximum Gasteiger partial charge on any atom is 0.336 e.